The summed E-state index contributed by atoms with van der Waals surface area (Å²) < 4.78 is 5.74. The molecule has 0 saturated heterocycles. The summed E-state index contributed by atoms with van der Waals surface area (Å²) in [6.45, 7) is 0.514. The number of nitrogens with zero attached hydrogens (tertiary/aromatic N) is 1. The van der Waals surface area contributed by atoms with E-state index in [0.29, 0.717) is 11.7 Å². The van der Waals surface area contributed by atoms with E-state index >= 15 is 0 Å². The Kier molecular flexibility index (Phi) is 4.08. The number of hydrogen-bond acceptors (Lipinski definition) is 4. The van der Waals surface area contributed by atoms with Gasteiger partial charge in [-0.25, -0.2) is 4.98 Å². The molecule has 0 radical (unpaired) electrons. The van der Waals surface area contributed by atoms with Crippen LogP contribution in [0.5, 0.6) is 5.75 Å². The predicted octanol–water partition coefficient (Wildman–Crippen LogP) is 4.62. The number of thiazole rings is 1. The molecule has 0 aliphatic heterocycles. The lowest BCUT2D eigenvalue weighted by molar-refractivity contribution is 0.306. The highest BCUT2D eigenvalue weighted by Gasteiger charge is 2.03. The molecule has 1 heterocycles. The van der Waals surface area contributed by atoms with Gasteiger partial charge in [-0.1, -0.05) is 23.7 Å². The van der Waals surface area contributed by atoms with Crippen LogP contribution in [-0.4, -0.2) is 4.98 Å². The van der Waals surface area contributed by atoms with Gasteiger partial charge in [0.2, 0.25) is 0 Å². The maximum absolute atomic E-state index is 5.85. The number of anilines is 1. The molecule has 3 nitrogen and oxygen atoms in total. The molecule has 0 unspecified atom stereocenters. The van der Waals surface area contributed by atoms with Crippen molar-refractivity contribution in [2.45, 2.75) is 6.61 Å². The molecular formula is C16H13ClN2OS. The van der Waals surface area contributed by atoms with Gasteiger partial charge in [0.1, 0.15) is 12.4 Å². The summed E-state index contributed by atoms with van der Waals surface area (Å²) >= 11 is 7.29. The predicted molar refractivity (Wildman–Crippen MR) is 87.7 cm³/mol. The normalized spacial score (nSPS) is 10.5. The SMILES string of the molecule is Nc1nc(-c2ccc(OCc3ccc(Cl)cc3)cc2)cs1. The fraction of sp³-hybridized carbons (Fsp3) is 0.0625. The van der Waals surface area contributed by atoms with Crippen LogP contribution in [0.2, 0.25) is 5.02 Å². The molecule has 0 bridgehead atoms. The van der Waals surface area contributed by atoms with E-state index in [0.717, 1.165) is 27.6 Å². The number of aromatic nitrogens is 1. The summed E-state index contributed by atoms with van der Waals surface area (Å²) in [6, 6.07) is 15.4. The average molecular weight is 317 g/mol. The van der Waals surface area contributed by atoms with Gasteiger partial charge in [0.15, 0.2) is 5.13 Å². The van der Waals surface area contributed by atoms with Crippen LogP contribution in [0.3, 0.4) is 0 Å². The van der Waals surface area contributed by atoms with E-state index in [2.05, 4.69) is 4.98 Å². The molecule has 0 spiro atoms. The van der Waals surface area contributed by atoms with Gasteiger partial charge in [0.05, 0.1) is 5.69 Å². The Balaban J connectivity index is 1.65. The third-order valence-corrected chi connectivity index (χ3v) is 3.92. The molecule has 2 aromatic carbocycles. The van der Waals surface area contributed by atoms with Crippen LogP contribution in [0.4, 0.5) is 5.13 Å². The molecule has 3 aromatic rings. The Labute approximate surface area is 132 Å². The van der Waals surface area contributed by atoms with Crippen molar-refractivity contribution in [3.05, 3.63) is 64.5 Å². The largest absolute Gasteiger partial charge is 0.489 e. The fourth-order valence-corrected chi connectivity index (χ4v) is 2.59. The third-order valence-electron chi connectivity index (χ3n) is 2.99. The maximum Gasteiger partial charge on any atom is 0.180 e. The number of halogens is 1. The molecular weight excluding hydrogens is 304 g/mol. The summed E-state index contributed by atoms with van der Waals surface area (Å²) in [5, 5.41) is 3.25. The first-order chi connectivity index (χ1) is 10.2. The van der Waals surface area contributed by atoms with Crippen molar-refractivity contribution in [3.63, 3.8) is 0 Å². The highest BCUT2D eigenvalue weighted by molar-refractivity contribution is 7.13. The Morgan fingerprint density at radius 1 is 1.05 bits per heavy atom. The minimum absolute atomic E-state index is 0.514. The number of nitrogens with two attached hydrogens (primary N) is 1. The molecule has 1 aromatic heterocycles. The molecule has 2 N–H and O–H groups in total. The monoisotopic (exact) mass is 316 g/mol. The van der Waals surface area contributed by atoms with Gasteiger partial charge in [-0.3, -0.25) is 0 Å². The van der Waals surface area contributed by atoms with Crippen LogP contribution < -0.4 is 10.5 Å². The zero-order valence-corrected chi connectivity index (χ0v) is 12.7. The molecule has 3 rings (SSSR count). The summed E-state index contributed by atoms with van der Waals surface area (Å²) in [7, 11) is 0. The lowest BCUT2D eigenvalue weighted by atomic mass is 10.2. The molecule has 5 heteroatoms. The minimum Gasteiger partial charge on any atom is -0.489 e. The second kappa shape index (κ2) is 6.16. The molecule has 0 atom stereocenters. The van der Waals surface area contributed by atoms with E-state index < -0.39 is 0 Å². The minimum atomic E-state index is 0.514. The average Bonchev–Trinajstić information content (AvgIpc) is 2.94. The van der Waals surface area contributed by atoms with Crippen molar-refractivity contribution >= 4 is 28.1 Å². The molecule has 21 heavy (non-hydrogen) atoms. The number of rotatable bonds is 4. The molecule has 0 fully saturated rings. The van der Waals surface area contributed by atoms with Crippen LogP contribution in [0.1, 0.15) is 5.56 Å². The summed E-state index contributed by atoms with van der Waals surface area (Å²) in [4.78, 5) is 4.26. The molecule has 0 saturated carbocycles. The topological polar surface area (TPSA) is 48.1 Å². The Morgan fingerprint density at radius 3 is 2.38 bits per heavy atom. The van der Waals surface area contributed by atoms with E-state index in [1.807, 2.05) is 53.9 Å². The van der Waals surface area contributed by atoms with Crippen LogP contribution in [0.25, 0.3) is 11.3 Å². The van der Waals surface area contributed by atoms with Gasteiger partial charge in [0.25, 0.3) is 0 Å². The maximum atomic E-state index is 5.85. The van der Waals surface area contributed by atoms with E-state index in [9.17, 15) is 0 Å². The Morgan fingerprint density at radius 2 is 1.76 bits per heavy atom. The summed E-state index contributed by atoms with van der Waals surface area (Å²) in [5.41, 5.74) is 8.64. The Hall–Kier alpha value is -2.04. The summed E-state index contributed by atoms with van der Waals surface area (Å²) in [6.07, 6.45) is 0. The number of benzene rings is 2. The smallest absolute Gasteiger partial charge is 0.180 e. The van der Waals surface area contributed by atoms with Gasteiger partial charge in [-0.05, 0) is 42.0 Å². The van der Waals surface area contributed by atoms with Crippen molar-refractivity contribution in [2.24, 2.45) is 0 Å². The molecule has 0 aliphatic carbocycles. The van der Waals surface area contributed by atoms with Crippen molar-refractivity contribution in [2.75, 3.05) is 5.73 Å². The third kappa shape index (κ3) is 3.54. The lowest BCUT2D eigenvalue weighted by Crippen LogP contribution is -1.94. The molecule has 0 amide bonds. The second-order valence-electron chi connectivity index (χ2n) is 4.51. The van der Waals surface area contributed by atoms with Crippen molar-refractivity contribution in [1.29, 1.82) is 0 Å². The molecule has 106 valence electrons. The van der Waals surface area contributed by atoms with Crippen molar-refractivity contribution in [1.82, 2.24) is 4.98 Å². The highest BCUT2D eigenvalue weighted by atomic mass is 35.5. The van der Waals surface area contributed by atoms with Gasteiger partial charge < -0.3 is 10.5 Å². The van der Waals surface area contributed by atoms with Crippen LogP contribution in [0, 0.1) is 0 Å². The van der Waals surface area contributed by atoms with Gasteiger partial charge in [-0.2, -0.15) is 0 Å². The van der Waals surface area contributed by atoms with Crippen LogP contribution in [0.15, 0.2) is 53.9 Å². The van der Waals surface area contributed by atoms with Crippen LogP contribution >= 0.6 is 22.9 Å². The summed E-state index contributed by atoms with van der Waals surface area (Å²) in [5.74, 6) is 0.817. The first-order valence-corrected chi connectivity index (χ1v) is 7.65. The van der Waals surface area contributed by atoms with E-state index in [1.165, 1.54) is 11.3 Å². The quantitative estimate of drug-likeness (QED) is 0.763. The van der Waals surface area contributed by atoms with Gasteiger partial charge >= 0.3 is 0 Å². The molecule has 0 aliphatic rings. The second-order valence-corrected chi connectivity index (χ2v) is 5.84. The van der Waals surface area contributed by atoms with Gasteiger partial charge in [0, 0.05) is 16.0 Å². The van der Waals surface area contributed by atoms with Crippen molar-refractivity contribution < 1.29 is 4.74 Å². The standard InChI is InChI=1S/C16H13ClN2OS/c17-13-5-1-11(2-6-13)9-20-14-7-3-12(4-8-14)15-10-21-16(18)19-15/h1-8,10H,9H2,(H2,18,19). The zero-order valence-electron chi connectivity index (χ0n) is 11.1. The van der Waals surface area contributed by atoms with E-state index in [1.54, 1.807) is 0 Å². The van der Waals surface area contributed by atoms with E-state index in [4.69, 9.17) is 22.1 Å². The zero-order chi connectivity index (χ0) is 14.7. The van der Waals surface area contributed by atoms with Gasteiger partial charge in [-0.15, -0.1) is 11.3 Å². The number of ether oxygens (including phenoxy) is 1. The lowest BCUT2D eigenvalue weighted by Gasteiger charge is -2.07. The van der Waals surface area contributed by atoms with E-state index in [-0.39, 0.29) is 0 Å². The number of hydrogen-bond donors (Lipinski definition) is 1. The Bertz CT molecular complexity index is 723. The first-order valence-electron chi connectivity index (χ1n) is 6.39. The van der Waals surface area contributed by atoms with Crippen LogP contribution in [-0.2, 0) is 6.61 Å². The first kappa shape index (κ1) is 13.9. The highest BCUT2D eigenvalue weighted by Crippen LogP contribution is 2.25. The fourth-order valence-electron chi connectivity index (χ4n) is 1.89. The van der Waals surface area contributed by atoms with Crippen molar-refractivity contribution in [3.8, 4) is 17.0 Å². The number of nitrogen functional groups attached to an aromatic ring is 1.